The molecule has 206 valence electrons. The first-order valence-electron chi connectivity index (χ1n) is 13.1. The third-order valence-corrected chi connectivity index (χ3v) is 6.47. The zero-order chi connectivity index (χ0) is 28.8. The van der Waals surface area contributed by atoms with Gasteiger partial charge in [-0.25, -0.2) is 0 Å². The van der Waals surface area contributed by atoms with Crippen LogP contribution in [-0.2, 0) is 6.42 Å². The molecule has 7 heteroatoms. The number of aliphatic hydroxyl groups excluding tert-OH is 1. The molecule has 0 atom stereocenters. The summed E-state index contributed by atoms with van der Waals surface area (Å²) >= 11 is 0. The van der Waals surface area contributed by atoms with Crippen LogP contribution in [0.25, 0.3) is 22.3 Å². The Morgan fingerprint density at radius 1 is 0.902 bits per heavy atom. The van der Waals surface area contributed by atoms with Gasteiger partial charge in [0.25, 0.3) is 0 Å². The van der Waals surface area contributed by atoms with Crippen LogP contribution in [0.5, 0.6) is 17.2 Å². The van der Waals surface area contributed by atoms with Crippen molar-refractivity contribution >= 4 is 11.0 Å². The first kappa shape index (κ1) is 27.5. The number of aryl methyl sites for hydroxylation is 1. The fourth-order valence-corrected chi connectivity index (χ4v) is 4.59. The first-order chi connectivity index (χ1) is 20.0. The number of methoxy groups -OCH3 is 2. The summed E-state index contributed by atoms with van der Waals surface area (Å²) in [5.74, 6) is 8.02. The van der Waals surface area contributed by atoms with Gasteiger partial charge in [-0.15, -0.1) is 0 Å². The second-order valence-electron chi connectivity index (χ2n) is 9.29. The number of nitrogens with zero attached hydrogens (tertiary/aromatic N) is 1. The Bertz CT molecular complexity index is 1820. The van der Waals surface area contributed by atoms with Gasteiger partial charge in [0.15, 0.2) is 16.9 Å². The molecule has 41 heavy (non-hydrogen) atoms. The van der Waals surface area contributed by atoms with Crippen molar-refractivity contribution < 1.29 is 23.7 Å². The van der Waals surface area contributed by atoms with Gasteiger partial charge in [0.05, 0.1) is 31.8 Å². The monoisotopic (exact) mass is 547 g/mol. The normalized spacial score (nSPS) is 10.6. The molecular weight excluding hydrogens is 518 g/mol. The maximum atomic E-state index is 14.0. The first-order valence-corrected chi connectivity index (χ1v) is 13.1. The minimum atomic E-state index is -0.194. The van der Waals surface area contributed by atoms with Gasteiger partial charge in [0, 0.05) is 40.6 Å². The van der Waals surface area contributed by atoms with E-state index in [-0.39, 0.29) is 25.1 Å². The van der Waals surface area contributed by atoms with Gasteiger partial charge in [-0.05, 0) is 55.5 Å². The molecule has 0 aliphatic heterocycles. The predicted molar refractivity (Wildman–Crippen MR) is 158 cm³/mol. The number of ether oxygens (including phenoxy) is 3. The van der Waals surface area contributed by atoms with E-state index < -0.39 is 0 Å². The molecule has 5 aromatic rings. The van der Waals surface area contributed by atoms with Gasteiger partial charge in [-0.1, -0.05) is 36.1 Å². The Labute approximate surface area is 238 Å². The SMILES string of the molecule is COc1cc(C#Cc2ccccc2)cc(-c2oc3cc(OCCO)ccc3c(=O)c2Cc2cccc(C)n2)c1OC. The topological polar surface area (TPSA) is 91.0 Å². The molecule has 0 saturated heterocycles. The highest BCUT2D eigenvalue weighted by Gasteiger charge is 2.23. The second-order valence-corrected chi connectivity index (χ2v) is 9.29. The number of fused-ring (bicyclic) bond motifs is 1. The number of hydrogen-bond acceptors (Lipinski definition) is 7. The molecule has 2 heterocycles. The highest BCUT2D eigenvalue weighted by molar-refractivity contribution is 5.84. The average Bonchev–Trinajstić information content (AvgIpc) is 3.00. The minimum Gasteiger partial charge on any atom is -0.493 e. The van der Waals surface area contributed by atoms with Crippen LogP contribution in [0.15, 0.2) is 88.1 Å². The van der Waals surface area contributed by atoms with E-state index in [2.05, 4.69) is 16.8 Å². The van der Waals surface area contributed by atoms with Crippen LogP contribution >= 0.6 is 0 Å². The summed E-state index contributed by atoms with van der Waals surface area (Å²) in [6.07, 6.45) is 0.240. The number of pyridine rings is 1. The molecule has 0 aliphatic rings. The Morgan fingerprint density at radius 2 is 1.71 bits per heavy atom. The highest BCUT2D eigenvalue weighted by atomic mass is 16.5. The fourth-order valence-electron chi connectivity index (χ4n) is 4.59. The molecule has 0 amide bonds. The molecule has 3 aromatic carbocycles. The van der Waals surface area contributed by atoms with E-state index in [1.807, 2.05) is 61.5 Å². The third kappa shape index (κ3) is 6.08. The quantitative estimate of drug-likeness (QED) is 0.255. The lowest BCUT2D eigenvalue weighted by Crippen LogP contribution is -2.13. The zero-order valence-electron chi connectivity index (χ0n) is 23.1. The van der Waals surface area contributed by atoms with E-state index in [0.29, 0.717) is 50.7 Å². The Hall–Kier alpha value is -5.06. The van der Waals surface area contributed by atoms with E-state index in [1.165, 1.54) is 0 Å². The van der Waals surface area contributed by atoms with Gasteiger partial charge in [0.2, 0.25) is 0 Å². The lowest BCUT2D eigenvalue weighted by Gasteiger charge is -2.16. The molecular formula is C34H29NO6. The summed E-state index contributed by atoms with van der Waals surface area (Å²) in [4.78, 5) is 18.6. The molecule has 0 bridgehead atoms. The Balaban J connectivity index is 1.76. The van der Waals surface area contributed by atoms with Crippen LogP contribution < -0.4 is 19.6 Å². The van der Waals surface area contributed by atoms with Crippen molar-refractivity contribution in [2.45, 2.75) is 13.3 Å². The number of benzene rings is 3. The molecule has 2 aromatic heterocycles. The number of aliphatic hydroxyl groups is 1. The molecule has 1 N–H and O–H groups in total. The van der Waals surface area contributed by atoms with Crippen molar-refractivity contribution in [2.75, 3.05) is 27.4 Å². The van der Waals surface area contributed by atoms with Crippen LogP contribution in [0.2, 0.25) is 0 Å². The minimum absolute atomic E-state index is 0.118. The van der Waals surface area contributed by atoms with E-state index >= 15 is 0 Å². The summed E-state index contributed by atoms with van der Waals surface area (Å²) in [6, 6.07) is 24.0. The van der Waals surface area contributed by atoms with Gasteiger partial charge < -0.3 is 23.7 Å². The van der Waals surface area contributed by atoms with E-state index in [9.17, 15) is 9.90 Å². The average molecular weight is 548 g/mol. The molecule has 0 saturated carbocycles. The Morgan fingerprint density at radius 3 is 2.44 bits per heavy atom. The molecule has 0 radical (unpaired) electrons. The van der Waals surface area contributed by atoms with Gasteiger partial charge in [-0.3, -0.25) is 9.78 Å². The standard InChI is InChI=1S/C34H29NO6/c1-22-8-7-11-25(35-22)20-28-32(37)27-15-14-26(40-17-16-36)21-30(27)41-33(28)29-18-24(19-31(38-2)34(29)39-3)13-12-23-9-5-4-6-10-23/h4-11,14-15,18-19,21,36H,16-17,20H2,1-3H3. The van der Waals surface area contributed by atoms with Crippen molar-refractivity contribution in [1.82, 2.24) is 4.98 Å². The summed E-state index contributed by atoms with van der Waals surface area (Å²) in [7, 11) is 3.09. The van der Waals surface area contributed by atoms with Gasteiger partial charge in [-0.2, -0.15) is 0 Å². The molecule has 0 fully saturated rings. The molecule has 5 rings (SSSR count). The smallest absolute Gasteiger partial charge is 0.196 e. The largest absolute Gasteiger partial charge is 0.493 e. The summed E-state index contributed by atoms with van der Waals surface area (Å²) in [5.41, 5.74) is 4.18. The number of hydrogen-bond donors (Lipinski definition) is 1. The Kier molecular flexibility index (Phi) is 8.33. The van der Waals surface area contributed by atoms with Crippen LogP contribution in [-0.4, -0.2) is 37.5 Å². The van der Waals surface area contributed by atoms with Crippen molar-refractivity contribution in [1.29, 1.82) is 0 Å². The van der Waals surface area contributed by atoms with Gasteiger partial charge >= 0.3 is 0 Å². The summed E-state index contributed by atoms with van der Waals surface area (Å²) in [5, 5.41) is 9.58. The van der Waals surface area contributed by atoms with Crippen LogP contribution in [0.3, 0.4) is 0 Å². The fraction of sp³-hybridized carbons (Fsp3) is 0.176. The number of rotatable bonds is 8. The maximum absolute atomic E-state index is 14.0. The summed E-state index contributed by atoms with van der Waals surface area (Å²) in [6.45, 7) is 1.89. The van der Waals surface area contributed by atoms with E-state index in [1.54, 1.807) is 38.5 Å². The van der Waals surface area contributed by atoms with Crippen LogP contribution in [0.4, 0.5) is 0 Å². The molecule has 7 nitrogen and oxygen atoms in total. The maximum Gasteiger partial charge on any atom is 0.196 e. The van der Waals surface area contributed by atoms with Crippen LogP contribution in [0.1, 0.15) is 28.1 Å². The summed E-state index contributed by atoms with van der Waals surface area (Å²) < 4.78 is 23.5. The number of aromatic nitrogens is 1. The van der Waals surface area contributed by atoms with Gasteiger partial charge in [0.1, 0.15) is 23.7 Å². The van der Waals surface area contributed by atoms with Crippen molar-refractivity contribution in [3.63, 3.8) is 0 Å². The zero-order valence-corrected chi connectivity index (χ0v) is 23.1. The van der Waals surface area contributed by atoms with Crippen molar-refractivity contribution in [3.8, 4) is 40.4 Å². The van der Waals surface area contributed by atoms with Crippen molar-refractivity contribution in [2.24, 2.45) is 0 Å². The van der Waals surface area contributed by atoms with Crippen LogP contribution in [0, 0.1) is 18.8 Å². The lowest BCUT2D eigenvalue weighted by molar-refractivity contribution is 0.201. The molecule has 0 unspecified atom stereocenters. The lowest BCUT2D eigenvalue weighted by atomic mass is 9.98. The third-order valence-electron chi connectivity index (χ3n) is 6.47. The van der Waals surface area contributed by atoms with E-state index in [0.717, 1.165) is 17.0 Å². The predicted octanol–water partition coefficient (Wildman–Crippen LogP) is 5.54. The molecule has 0 aliphatic carbocycles. The molecule has 0 spiro atoms. The van der Waals surface area contributed by atoms with Crippen molar-refractivity contribution in [3.05, 3.63) is 117 Å². The highest BCUT2D eigenvalue weighted by Crippen LogP contribution is 2.41. The van der Waals surface area contributed by atoms with E-state index in [4.69, 9.17) is 18.6 Å². The second kappa shape index (κ2) is 12.4.